The molecule has 3 N–H and O–H groups in total. The van der Waals surface area contributed by atoms with E-state index >= 15 is 0 Å². The first-order valence-corrected chi connectivity index (χ1v) is 7.44. The third kappa shape index (κ3) is 2.63. The van der Waals surface area contributed by atoms with E-state index in [0.29, 0.717) is 11.2 Å². The van der Waals surface area contributed by atoms with Gasteiger partial charge in [0.25, 0.3) is 5.91 Å². The van der Waals surface area contributed by atoms with Gasteiger partial charge in [0.1, 0.15) is 5.56 Å². The SMILES string of the molecule is Cc1cc(C)n2ncc(C(=O)N[C@@H]3CCCC[C@H]3N)c2n1. The van der Waals surface area contributed by atoms with Gasteiger partial charge in [-0.1, -0.05) is 12.8 Å². The average molecular weight is 287 g/mol. The molecule has 0 aromatic carbocycles. The minimum absolute atomic E-state index is 0.0426. The van der Waals surface area contributed by atoms with Crippen LogP contribution in [-0.2, 0) is 0 Å². The number of hydrogen-bond donors (Lipinski definition) is 2. The van der Waals surface area contributed by atoms with Gasteiger partial charge in [-0.3, -0.25) is 4.79 Å². The Morgan fingerprint density at radius 3 is 2.90 bits per heavy atom. The minimum Gasteiger partial charge on any atom is -0.348 e. The second kappa shape index (κ2) is 5.44. The fourth-order valence-corrected chi connectivity index (χ4v) is 3.02. The van der Waals surface area contributed by atoms with Crippen molar-refractivity contribution in [3.05, 3.63) is 29.2 Å². The number of carbonyl (C=O) groups is 1. The van der Waals surface area contributed by atoms with Gasteiger partial charge in [-0.15, -0.1) is 0 Å². The summed E-state index contributed by atoms with van der Waals surface area (Å²) in [6.45, 7) is 3.87. The zero-order valence-electron chi connectivity index (χ0n) is 12.5. The summed E-state index contributed by atoms with van der Waals surface area (Å²) in [4.78, 5) is 16.9. The lowest BCUT2D eigenvalue weighted by Gasteiger charge is -2.29. The number of nitrogens with one attached hydrogen (secondary N) is 1. The zero-order chi connectivity index (χ0) is 15.0. The predicted molar refractivity (Wildman–Crippen MR) is 80.2 cm³/mol. The Hall–Kier alpha value is -1.95. The highest BCUT2D eigenvalue weighted by atomic mass is 16.1. The third-order valence-electron chi connectivity index (χ3n) is 4.16. The number of rotatable bonds is 2. The molecule has 6 heteroatoms. The Morgan fingerprint density at radius 2 is 2.14 bits per heavy atom. The Morgan fingerprint density at radius 1 is 1.38 bits per heavy atom. The molecule has 2 heterocycles. The summed E-state index contributed by atoms with van der Waals surface area (Å²) in [5, 5.41) is 7.30. The summed E-state index contributed by atoms with van der Waals surface area (Å²) in [7, 11) is 0. The van der Waals surface area contributed by atoms with E-state index in [4.69, 9.17) is 5.73 Å². The Balaban J connectivity index is 1.88. The van der Waals surface area contributed by atoms with Crippen LogP contribution < -0.4 is 11.1 Å². The van der Waals surface area contributed by atoms with Gasteiger partial charge in [-0.2, -0.15) is 5.10 Å². The molecule has 21 heavy (non-hydrogen) atoms. The molecule has 0 bridgehead atoms. The molecule has 1 fully saturated rings. The van der Waals surface area contributed by atoms with Crippen LogP contribution in [0.5, 0.6) is 0 Å². The summed E-state index contributed by atoms with van der Waals surface area (Å²) in [5.74, 6) is -0.134. The third-order valence-corrected chi connectivity index (χ3v) is 4.16. The number of nitrogens with zero attached hydrogens (tertiary/aromatic N) is 3. The van der Waals surface area contributed by atoms with E-state index in [1.54, 1.807) is 10.7 Å². The molecule has 2 aromatic heterocycles. The molecule has 0 radical (unpaired) electrons. The highest BCUT2D eigenvalue weighted by molar-refractivity contribution is 5.99. The Kier molecular flexibility index (Phi) is 3.63. The lowest BCUT2D eigenvalue weighted by atomic mass is 9.91. The number of amides is 1. The molecular formula is C15H21N5O. The summed E-state index contributed by atoms with van der Waals surface area (Å²) in [5.41, 5.74) is 9.05. The van der Waals surface area contributed by atoms with Gasteiger partial charge in [0.15, 0.2) is 5.65 Å². The normalized spacial score (nSPS) is 22.4. The van der Waals surface area contributed by atoms with Crippen molar-refractivity contribution in [1.29, 1.82) is 0 Å². The second-order valence-electron chi connectivity index (χ2n) is 5.86. The summed E-state index contributed by atoms with van der Waals surface area (Å²) in [6.07, 6.45) is 5.75. The summed E-state index contributed by atoms with van der Waals surface area (Å²) < 4.78 is 1.70. The predicted octanol–water partition coefficient (Wildman–Crippen LogP) is 1.35. The lowest BCUT2D eigenvalue weighted by Crippen LogP contribution is -2.49. The van der Waals surface area contributed by atoms with Crippen molar-refractivity contribution in [3.63, 3.8) is 0 Å². The molecular weight excluding hydrogens is 266 g/mol. The average Bonchev–Trinajstić information content (AvgIpc) is 2.85. The van der Waals surface area contributed by atoms with Gasteiger partial charge in [-0.05, 0) is 32.8 Å². The summed E-state index contributed by atoms with van der Waals surface area (Å²) >= 11 is 0. The molecule has 6 nitrogen and oxygen atoms in total. The number of hydrogen-bond acceptors (Lipinski definition) is 4. The minimum atomic E-state index is -0.134. The fourth-order valence-electron chi connectivity index (χ4n) is 3.02. The molecule has 0 unspecified atom stereocenters. The van der Waals surface area contributed by atoms with Crippen molar-refractivity contribution in [1.82, 2.24) is 19.9 Å². The molecule has 1 saturated carbocycles. The first-order chi connectivity index (χ1) is 10.1. The van der Waals surface area contributed by atoms with Crippen molar-refractivity contribution in [3.8, 4) is 0 Å². The smallest absolute Gasteiger partial charge is 0.257 e. The molecule has 1 aliphatic rings. The quantitative estimate of drug-likeness (QED) is 0.873. The van der Waals surface area contributed by atoms with E-state index in [1.165, 1.54) is 0 Å². The molecule has 112 valence electrons. The molecule has 2 aromatic rings. The van der Waals surface area contributed by atoms with E-state index in [1.807, 2.05) is 19.9 Å². The molecule has 2 atom stereocenters. The fraction of sp³-hybridized carbons (Fsp3) is 0.533. The first-order valence-electron chi connectivity index (χ1n) is 7.44. The number of nitrogens with two attached hydrogens (primary N) is 1. The Bertz CT molecular complexity index is 678. The van der Waals surface area contributed by atoms with Crippen LogP contribution in [0.3, 0.4) is 0 Å². The van der Waals surface area contributed by atoms with Gasteiger partial charge < -0.3 is 11.1 Å². The summed E-state index contributed by atoms with van der Waals surface area (Å²) in [6, 6.07) is 2.03. The Labute approximate surface area is 123 Å². The lowest BCUT2D eigenvalue weighted by molar-refractivity contribution is 0.0922. The van der Waals surface area contributed by atoms with E-state index in [9.17, 15) is 4.79 Å². The standard InChI is InChI=1S/C15H21N5O/c1-9-7-10(2)20-14(18-9)11(8-17-20)15(21)19-13-6-4-3-5-12(13)16/h7-8,12-13H,3-6,16H2,1-2H3,(H,19,21)/t12-,13-/m1/s1. The maximum atomic E-state index is 12.5. The number of fused-ring (bicyclic) bond motifs is 1. The zero-order valence-corrected chi connectivity index (χ0v) is 12.5. The van der Waals surface area contributed by atoms with Crippen LogP contribution in [0.2, 0.25) is 0 Å². The molecule has 0 saturated heterocycles. The van der Waals surface area contributed by atoms with Crippen molar-refractivity contribution in [2.24, 2.45) is 5.73 Å². The number of aryl methyl sites for hydroxylation is 2. The number of aromatic nitrogens is 3. The van der Waals surface area contributed by atoms with E-state index in [0.717, 1.165) is 37.1 Å². The first kappa shape index (κ1) is 14.0. The highest BCUT2D eigenvalue weighted by Crippen LogP contribution is 2.18. The van der Waals surface area contributed by atoms with Crippen LogP contribution in [-0.4, -0.2) is 32.6 Å². The van der Waals surface area contributed by atoms with Crippen molar-refractivity contribution >= 4 is 11.6 Å². The maximum Gasteiger partial charge on any atom is 0.257 e. The topological polar surface area (TPSA) is 85.3 Å². The van der Waals surface area contributed by atoms with Crippen LogP contribution in [0.1, 0.15) is 47.4 Å². The van der Waals surface area contributed by atoms with E-state index in [2.05, 4.69) is 15.4 Å². The largest absolute Gasteiger partial charge is 0.348 e. The van der Waals surface area contributed by atoms with Crippen molar-refractivity contribution < 1.29 is 4.79 Å². The second-order valence-corrected chi connectivity index (χ2v) is 5.86. The van der Waals surface area contributed by atoms with Crippen molar-refractivity contribution in [2.75, 3.05) is 0 Å². The molecule has 0 aliphatic heterocycles. The maximum absolute atomic E-state index is 12.5. The van der Waals surface area contributed by atoms with Crippen LogP contribution in [0.25, 0.3) is 5.65 Å². The molecule has 0 spiro atoms. The van der Waals surface area contributed by atoms with Gasteiger partial charge in [0, 0.05) is 23.5 Å². The van der Waals surface area contributed by atoms with Crippen molar-refractivity contribution in [2.45, 2.75) is 51.6 Å². The van der Waals surface area contributed by atoms with Gasteiger partial charge >= 0.3 is 0 Å². The van der Waals surface area contributed by atoms with Gasteiger partial charge in [-0.25, -0.2) is 9.50 Å². The van der Waals surface area contributed by atoms with Crippen LogP contribution in [0, 0.1) is 13.8 Å². The van der Waals surface area contributed by atoms with Crippen LogP contribution >= 0.6 is 0 Å². The monoisotopic (exact) mass is 287 g/mol. The number of carbonyl (C=O) groups excluding carboxylic acids is 1. The van der Waals surface area contributed by atoms with Gasteiger partial charge in [0.05, 0.1) is 6.20 Å². The molecule has 3 rings (SSSR count). The van der Waals surface area contributed by atoms with E-state index < -0.39 is 0 Å². The van der Waals surface area contributed by atoms with Crippen LogP contribution in [0.4, 0.5) is 0 Å². The van der Waals surface area contributed by atoms with Gasteiger partial charge in [0.2, 0.25) is 0 Å². The molecule has 1 amide bonds. The molecule has 1 aliphatic carbocycles. The van der Waals surface area contributed by atoms with Crippen LogP contribution in [0.15, 0.2) is 12.3 Å². The highest BCUT2D eigenvalue weighted by Gasteiger charge is 2.25. The van der Waals surface area contributed by atoms with E-state index in [-0.39, 0.29) is 18.0 Å².